The van der Waals surface area contributed by atoms with Gasteiger partial charge < -0.3 is 27.0 Å². The molecule has 0 radical (unpaired) electrons. The molecule has 0 aliphatic rings. The molecule has 2 aromatic rings. The summed E-state index contributed by atoms with van der Waals surface area (Å²) in [5.41, 5.74) is 2.26. The normalized spacial score (nSPS) is 10.5. The quantitative estimate of drug-likeness (QED) is 0.674. The summed E-state index contributed by atoms with van der Waals surface area (Å²) < 4.78 is 13.5. The lowest BCUT2D eigenvalue weighted by Crippen LogP contribution is -3.00. The maximum atomic E-state index is 12.1. The van der Waals surface area contributed by atoms with Crippen molar-refractivity contribution in [3.05, 3.63) is 45.6 Å². The Kier molecular flexibility index (Phi) is 6.42. The smallest absolute Gasteiger partial charge is 0.498 e. The molecule has 0 aliphatic heterocycles. The van der Waals surface area contributed by atoms with Gasteiger partial charge in [0, 0.05) is 6.07 Å². The third kappa shape index (κ3) is 3.71. The van der Waals surface area contributed by atoms with Gasteiger partial charge in [-0.25, -0.2) is 0 Å². The molecule has 6 nitrogen and oxygen atoms in total. The first-order valence-corrected chi connectivity index (χ1v) is 7.08. The Morgan fingerprint density at radius 3 is 2.42 bits per heavy atom. The van der Waals surface area contributed by atoms with Crippen LogP contribution in [0.4, 0.5) is 0 Å². The summed E-state index contributed by atoms with van der Waals surface area (Å²) in [6.07, 6.45) is 3.62. The molecule has 0 atom stereocenters. The lowest BCUT2D eigenvalue weighted by atomic mass is 10.1. The first kappa shape index (κ1) is 19.6. The van der Waals surface area contributed by atoms with Gasteiger partial charge in [0.1, 0.15) is 11.4 Å². The van der Waals surface area contributed by atoms with Crippen molar-refractivity contribution < 1.29 is 31.6 Å². The highest BCUT2D eigenvalue weighted by Gasteiger charge is 2.13. The van der Waals surface area contributed by atoms with Crippen molar-refractivity contribution in [2.75, 3.05) is 14.2 Å². The minimum absolute atomic E-state index is 0. The van der Waals surface area contributed by atoms with Gasteiger partial charge in [-0.2, -0.15) is 13.9 Å². The maximum Gasteiger partial charge on any atom is 0.498 e. The fourth-order valence-electron chi connectivity index (χ4n) is 2.30. The fraction of sp³-hybridized carbons (Fsp3) is 0.294. The molecule has 0 aliphatic carbocycles. The average Bonchev–Trinajstić information content (AvgIpc) is 2.54. The molecule has 1 N–H and O–H groups in total. The van der Waals surface area contributed by atoms with Crippen molar-refractivity contribution >= 4 is 12.2 Å². The van der Waals surface area contributed by atoms with Crippen LogP contribution in [-0.2, 0) is 14.1 Å². The van der Waals surface area contributed by atoms with E-state index in [0.29, 0.717) is 11.5 Å². The highest BCUT2D eigenvalue weighted by Crippen LogP contribution is 2.37. The first-order chi connectivity index (χ1) is 10.9. The maximum absolute atomic E-state index is 12.1. The highest BCUT2D eigenvalue weighted by molar-refractivity contribution is 5.70. The van der Waals surface area contributed by atoms with Crippen LogP contribution in [0, 0.1) is 6.92 Å². The summed E-state index contributed by atoms with van der Waals surface area (Å²) in [4.78, 5) is 12.1. The Morgan fingerprint density at radius 2 is 1.83 bits per heavy atom. The Morgan fingerprint density at radius 1 is 1.17 bits per heavy atom. The van der Waals surface area contributed by atoms with Gasteiger partial charge in [0.05, 0.1) is 28.3 Å². The SMILES string of the molecule is COc1cc(C=Cc2cc(C)n(C)c(=O)[n+]2C)cc(O)c1OC.[Cl-]. The number of benzene rings is 1. The van der Waals surface area contributed by atoms with Crippen LogP contribution < -0.4 is 32.1 Å². The Hall–Kier alpha value is -2.47. The molecule has 130 valence electrons. The molecule has 0 bridgehead atoms. The summed E-state index contributed by atoms with van der Waals surface area (Å²) in [6.45, 7) is 1.88. The minimum atomic E-state index is -0.0974. The second-order valence-corrected chi connectivity index (χ2v) is 5.22. The van der Waals surface area contributed by atoms with Crippen LogP contribution in [0.15, 0.2) is 23.0 Å². The van der Waals surface area contributed by atoms with E-state index in [0.717, 1.165) is 17.0 Å². The number of halogens is 1. The van der Waals surface area contributed by atoms with Gasteiger partial charge >= 0.3 is 5.69 Å². The van der Waals surface area contributed by atoms with Gasteiger partial charge in [-0.3, -0.25) is 0 Å². The van der Waals surface area contributed by atoms with E-state index in [1.165, 1.54) is 14.2 Å². The zero-order valence-electron chi connectivity index (χ0n) is 14.3. The third-order valence-electron chi connectivity index (χ3n) is 3.78. The molecule has 0 saturated heterocycles. The van der Waals surface area contributed by atoms with Crippen molar-refractivity contribution in [1.29, 1.82) is 0 Å². The van der Waals surface area contributed by atoms with Gasteiger partial charge in [0.15, 0.2) is 11.5 Å². The fourth-order valence-corrected chi connectivity index (χ4v) is 2.30. The first-order valence-electron chi connectivity index (χ1n) is 7.08. The van der Waals surface area contributed by atoms with Gasteiger partial charge in [0.25, 0.3) is 0 Å². The Balaban J connectivity index is 0.00000288. The van der Waals surface area contributed by atoms with Crippen LogP contribution in [0.5, 0.6) is 17.2 Å². The van der Waals surface area contributed by atoms with Crippen molar-refractivity contribution in [1.82, 2.24) is 4.57 Å². The molecule has 0 amide bonds. The number of aromatic hydroxyl groups is 1. The van der Waals surface area contributed by atoms with Crippen molar-refractivity contribution in [3.63, 3.8) is 0 Å². The Labute approximate surface area is 147 Å². The third-order valence-corrected chi connectivity index (χ3v) is 3.78. The van der Waals surface area contributed by atoms with E-state index in [1.54, 1.807) is 41.4 Å². The largest absolute Gasteiger partial charge is 1.00 e. The molecule has 1 aromatic heterocycles. The van der Waals surface area contributed by atoms with Crippen LogP contribution in [0.3, 0.4) is 0 Å². The molecule has 1 aromatic carbocycles. The molecule has 1 heterocycles. The zero-order chi connectivity index (χ0) is 17.1. The number of methoxy groups -OCH3 is 2. The number of nitrogens with zero attached hydrogens (tertiary/aromatic N) is 2. The predicted molar refractivity (Wildman–Crippen MR) is 87.7 cm³/mol. The lowest BCUT2D eigenvalue weighted by molar-refractivity contribution is -0.692. The van der Waals surface area contributed by atoms with E-state index in [-0.39, 0.29) is 23.8 Å². The molecule has 2 rings (SSSR count). The number of phenols is 1. The van der Waals surface area contributed by atoms with Crippen LogP contribution in [0.2, 0.25) is 0 Å². The summed E-state index contributed by atoms with van der Waals surface area (Å²) in [5, 5.41) is 9.98. The van der Waals surface area contributed by atoms with E-state index >= 15 is 0 Å². The van der Waals surface area contributed by atoms with Crippen molar-refractivity contribution in [3.8, 4) is 17.2 Å². The molecule has 7 heteroatoms. The van der Waals surface area contributed by atoms with E-state index < -0.39 is 0 Å². The second kappa shape index (κ2) is 7.88. The van der Waals surface area contributed by atoms with Gasteiger partial charge in [-0.15, -0.1) is 0 Å². The monoisotopic (exact) mass is 352 g/mol. The number of ether oxygens (including phenoxy) is 2. The van der Waals surface area contributed by atoms with Crippen LogP contribution in [0.1, 0.15) is 17.0 Å². The Bertz CT molecular complexity index is 828. The number of rotatable bonds is 4. The number of hydrogen-bond donors (Lipinski definition) is 1. The molecular weight excluding hydrogens is 332 g/mol. The number of aryl methyl sites for hydroxylation is 1. The summed E-state index contributed by atoms with van der Waals surface area (Å²) in [5.74, 6) is 0.729. The molecule has 0 saturated carbocycles. The predicted octanol–water partition coefficient (Wildman–Crippen LogP) is -1.58. The van der Waals surface area contributed by atoms with Crippen LogP contribution >= 0.6 is 0 Å². The van der Waals surface area contributed by atoms with Gasteiger partial charge in [0.2, 0.25) is 5.75 Å². The van der Waals surface area contributed by atoms with Gasteiger partial charge in [-0.05, 0) is 30.7 Å². The van der Waals surface area contributed by atoms with Crippen molar-refractivity contribution in [2.24, 2.45) is 14.1 Å². The highest BCUT2D eigenvalue weighted by atomic mass is 35.5. The van der Waals surface area contributed by atoms with E-state index in [1.807, 2.05) is 19.1 Å². The molecule has 0 fully saturated rings. The van der Waals surface area contributed by atoms with E-state index in [9.17, 15) is 9.90 Å². The summed E-state index contributed by atoms with van der Waals surface area (Å²) in [6, 6.07) is 5.24. The van der Waals surface area contributed by atoms with E-state index in [2.05, 4.69) is 0 Å². The number of hydrogen-bond acceptors (Lipinski definition) is 4. The number of aromatic nitrogens is 2. The summed E-state index contributed by atoms with van der Waals surface area (Å²) in [7, 11) is 6.43. The van der Waals surface area contributed by atoms with Crippen LogP contribution in [0.25, 0.3) is 12.2 Å². The standard InChI is InChI=1S/C17H20N2O4.ClH/c1-11-8-13(19(3)17(21)18(11)2)7-6-12-9-14(20)16(23-5)15(10-12)22-4;/h6-10H,1-5H3;1H. The second-order valence-electron chi connectivity index (χ2n) is 5.22. The summed E-state index contributed by atoms with van der Waals surface area (Å²) >= 11 is 0. The molecular formula is C17H21ClN2O4. The topological polar surface area (TPSA) is 64.6 Å². The lowest BCUT2D eigenvalue weighted by Gasteiger charge is -2.10. The minimum Gasteiger partial charge on any atom is -1.00 e. The van der Waals surface area contributed by atoms with Gasteiger partial charge in [-0.1, -0.05) is 6.08 Å². The average molecular weight is 353 g/mol. The number of phenolic OH excluding ortho intramolecular Hbond substituents is 1. The van der Waals surface area contributed by atoms with Crippen LogP contribution in [-0.4, -0.2) is 23.9 Å². The molecule has 24 heavy (non-hydrogen) atoms. The molecule has 0 unspecified atom stereocenters. The van der Waals surface area contributed by atoms with Crippen molar-refractivity contribution in [2.45, 2.75) is 6.92 Å². The van der Waals surface area contributed by atoms with E-state index in [4.69, 9.17) is 9.47 Å². The molecule has 0 spiro atoms. The zero-order valence-corrected chi connectivity index (χ0v) is 15.1.